The summed E-state index contributed by atoms with van der Waals surface area (Å²) in [4.78, 5) is 7.83. The maximum atomic E-state index is 5.37. The molecule has 1 aromatic heterocycles. The number of hydrogen-bond acceptors (Lipinski definition) is 6. The Morgan fingerprint density at radius 1 is 1.60 bits per heavy atom. The normalized spacial score (nSPS) is 9.47. The molecule has 0 atom stereocenters. The van der Waals surface area contributed by atoms with Crippen molar-refractivity contribution in [3.8, 4) is 11.6 Å². The number of nitrogens with zero attached hydrogens (tertiary/aromatic N) is 2. The summed E-state index contributed by atoms with van der Waals surface area (Å²) in [7, 11) is 1.50. The van der Waals surface area contributed by atoms with E-state index in [9.17, 15) is 0 Å². The van der Waals surface area contributed by atoms with E-state index in [-0.39, 0.29) is 0 Å². The molecule has 0 aromatic carbocycles. The van der Waals surface area contributed by atoms with Gasteiger partial charge in [-0.2, -0.15) is 4.98 Å². The number of rotatable bonds is 6. The van der Waals surface area contributed by atoms with E-state index < -0.39 is 0 Å². The number of nitrogens with one attached hydrogen (secondary N) is 1. The molecule has 0 spiro atoms. The molecule has 6 heteroatoms. The molecule has 0 radical (unpaired) electrons. The predicted molar refractivity (Wildman–Crippen MR) is 56.7 cm³/mol. The van der Waals surface area contributed by atoms with Crippen molar-refractivity contribution in [1.82, 2.24) is 9.97 Å². The molecule has 3 N–H and O–H groups in total. The maximum Gasteiger partial charge on any atom is 0.262 e. The molecule has 0 unspecified atom stereocenters. The van der Waals surface area contributed by atoms with Gasteiger partial charge in [0, 0.05) is 0 Å². The molecular weight excluding hydrogens is 196 g/mol. The van der Waals surface area contributed by atoms with Crippen LogP contribution >= 0.6 is 0 Å². The Kier molecular flexibility index (Phi) is 4.36. The summed E-state index contributed by atoms with van der Waals surface area (Å²) in [5, 5.41) is 0. The van der Waals surface area contributed by atoms with Crippen molar-refractivity contribution < 1.29 is 9.47 Å². The number of nitrogens with two attached hydrogens (primary N) is 1. The van der Waals surface area contributed by atoms with E-state index in [1.807, 2.05) is 0 Å². The van der Waals surface area contributed by atoms with Gasteiger partial charge in [0.05, 0.1) is 13.7 Å². The first-order valence-electron chi connectivity index (χ1n) is 4.42. The average Bonchev–Trinajstić information content (AvgIpc) is 2.29. The van der Waals surface area contributed by atoms with E-state index in [4.69, 9.17) is 15.3 Å². The van der Waals surface area contributed by atoms with E-state index in [1.165, 1.54) is 13.4 Å². The molecule has 15 heavy (non-hydrogen) atoms. The van der Waals surface area contributed by atoms with Crippen molar-refractivity contribution >= 4 is 5.82 Å². The summed E-state index contributed by atoms with van der Waals surface area (Å²) in [6, 6.07) is 0. The first-order valence-corrected chi connectivity index (χ1v) is 4.42. The van der Waals surface area contributed by atoms with Crippen molar-refractivity contribution in [1.29, 1.82) is 0 Å². The first-order chi connectivity index (χ1) is 7.33. The number of ether oxygens (including phenoxy) is 2. The van der Waals surface area contributed by atoms with Gasteiger partial charge in [0.15, 0.2) is 5.82 Å². The Balaban J connectivity index is 2.81. The van der Waals surface area contributed by atoms with Crippen LogP contribution in [0, 0.1) is 0 Å². The third kappa shape index (κ3) is 2.81. The van der Waals surface area contributed by atoms with Gasteiger partial charge in [-0.15, -0.1) is 6.58 Å². The van der Waals surface area contributed by atoms with Crippen LogP contribution in [0.5, 0.6) is 11.6 Å². The summed E-state index contributed by atoms with van der Waals surface area (Å²) in [6.07, 6.45) is 3.84. The van der Waals surface area contributed by atoms with Crippen LogP contribution in [0.4, 0.5) is 5.82 Å². The number of nitrogen functional groups attached to an aromatic ring is 1. The first kappa shape index (κ1) is 11.3. The van der Waals surface area contributed by atoms with Gasteiger partial charge in [-0.1, -0.05) is 6.08 Å². The van der Waals surface area contributed by atoms with Gasteiger partial charge in [-0.3, -0.25) is 0 Å². The second-order valence-electron chi connectivity index (χ2n) is 2.63. The van der Waals surface area contributed by atoms with Gasteiger partial charge in [0.1, 0.15) is 6.33 Å². The highest BCUT2D eigenvalue weighted by molar-refractivity contribution is 5.54. The molecule has 1 aromatic rings. The Morgan fingerprint density at radius 3 is 3.00 bits per heavy atom. The number of aromatic nitrogens is 2. The van der Waals surface area contributed by atoms with E-state index in [0.717, 1.165) is 6.42 Å². The zero-order chi connectivity index (χ0) is 11.1. The number of hydrazine groups is 1. The van der Waals surface area contributed by atoms with Crippen LogP contribution in [0.3, 0.4) is 0 Å². The molecule has 82 valence electrons. The summed E-state index contributed by atoms with van der Waals surface area (Å²) in [6.45, 7) is 4.08. The quantitative estimate of drug-likeness (QED) is 0.311. The van der Waals surface area contributed by atoms with E-state index in [0.29, 0.717) is 24.1 Å². The minimum absolute atomic E-state index is 0.363. The minimum Gasteiger partial charge on any atom is -0.489 e. The molecule has 0 saturated carbocycles. The lowest BCUT2D eigenvalue weighted by atomic mass is 10.4. The molecule has 0 amide bonds. The van der Waals surface area contributed by atoms with Gasteiger partial charge in [0.25, 0.3) is 5.88 Å². The van der Waals surface area contributed by atoms with Gasteiger partial charge < -0.3 is 14.9 Å². The molecule has 0 aliphatic heterocycles. The summed E-state index contributed by atoms with van der Waals surface area (Å²) < 4.78 is 10.4. The van der Waals surface area contributed by atoms with Crippen molar-refractivity contribution in [2.45, 2.75) is 6.42 Å². The Hall–Kier alpha value is -1.82. The van der Waals surface area contributed by atoms with E-state index in [2.05, 4.69) is 22.0 Å². The molecule has 0 aliphatic rings. The maximum absolute atomic E-state index is 5.37. The van der Waals surface area contributed by atoms with Crippen LogP contribution in [-0.2, 0) is 0 Å². The lowest BCUT2D eigenvalue weighted by Crippen LogP contribution is -2.11. The number of methoxy groups -OCH3 is 1. The second-order valence-corrected chi connectivity index (χ2v) is 2.63. The zero-order valence-corrected chi connectivity index (χ0v) is 8.56. The third-order valence-corrected chi connectivity index (χ3v) is 1.67. The van der Waals surface area contributed by atoms with E-state index in [1.54, 1.807) is 6.08 Å². The Bertz CT molecular complexity index is 330. The highest BCUT2D eigenvalue weighted by Gasteiger charge is 2.11. The summed E-state index contributed by atoms with van der Waals surface area (Å²) in [5.41, 5.74) is 2.40. The molecule has 0 saturated heterocycles. The SMILES string of the molecule is C=CCCOc1ncnc(NN)c1OC. The number of anilines is 1. The molecule has 0 fully saturated rings. The van der Waals surface area contributed by atoms with Crippen molar-refractivity contribution in [2.24, 2.45) is 5.84 Å². The minimum atomic E-state index is 0.363. The van der Waals surface area contributed by atoms with Crippen LogP contribution < -0.4 is 20.7 Å². The van der Waals surface area contributed by atoms with Gasteiger partial charge in [0.2, 0.25) is 5.75 Å². The molecular formula is C9H14N4O2. The van der Waals surface area contributed by atoms with E-state index >= 15 is 0 Å². The molecule has 1 rings (SSSR count). The van der Waals surface area contributed by atoms with Gasteiger partial charge >= 0.3 is 0 Å². The molecule has 0 aliphatic carbocycles. The monoisotopic (exact) mass is 210 g/mol. The van der Waals surface area contributed by atoms with Crippen LogP contribution in [0.2, 0.25) is 0 Å². The topological polar surface area (TPSA) is 82.3 Å². The fourth-order valence-corrected chi connectivity index (χ4v) is 0.986. The third-order valence-electron chi connectivity index (χ3n) is 1.67. The van der Waals surface area contributed by atoms with Crippen molar-refractivity contribution in [3.63, 3.8) is 0 Å². The zero-order valence-electron chi connectivity index (χ0n) is 8.56. The highest BCUT2D eigenvalue weighted by atomic mass is 16.5. The van der Waals surface area contributed by atoms with Crippen LogP contribution in [0.15, 0.2) is 19.0 Å². The largest absolute Gasteiger partial charge is 0.489 e. The Labute approximate surface area is 88.1 Å². The van der Waals surface area contributed by atoms with Crippen LogP contribution in [0.1, 0.15) is 6.42 Å². The molecule has 1 heterocycles. The average molecular weight is 210 g/mol. The Morgan fingerprint density at radius 2 is 2.40 bits per heavy atom. The molecule has 0 bridgehead atoms. The van der Waals surface area contributed by atoms with Gasteiger partial charge in [-0.25, -0.2) is 10.8 Å². The van der Waals surface area contributed by atoms with Crippen LogP contribution in [-0.4, -0.2) is 23.7 Å². The summed E-state index contributed by atoms with van der Waals surface area (Å²) >= 11 is 0. The smallest absolute Gasteiger partial charge is 0.262 e. The fourth-order valence-electron chi connectivity index (χ4n) is 0.986. The second kappa shape index (κ2) is 5.82. The lowest BCUT2D eigenvalue weighted by Gasteiger charge is -2.10. The standard InChI is InChI=1S/C9H14N4O2/c1-3-4-5-15-9-7(14-2)8(13-10)11-6-12-9/h3,6H,1,4-5,10H2,2H3,(H,11,12,13). The van der Waals surface area contributed by atoms with Crippen molar-refractivity contribution in [3.05, 3.63) is 19.0 Å². The van der Waals surface area contributed by atoms with Crippen LogP contribution in [0.25, 0.3) is 0 Å². The number of hydrogen-bond donors (Lipinski definition) is 2. The van der Waals surface area contributed by atoms with Crippen molar-refractivity contribution in [2.75, 3.05) is 19.1 Å². The summed E-state index contributed by atoms with van der Waals surface area (Å²) in [5.74, 6) is 6.40. The lowest BCUT2D eigenvalue weighted by molar-refractivity contribution is 0.287. The highest BCUT2D eigenvalue weighted by Crippen LogP contribution is 2.29. The predicted octanol–water partition coefficient (Wildman–Crippen LogP) is 0.726. The molecule has 6 nitrogen and oxygen atoms in total. The fraction of sp³-hybridized carbons (Fsp3) is 0.333. The van der Waals surface area contributed by atoms with Gasteiger partial charge in [-0.05, 0) is 6.42 Å².